The number of carbonyl (C=O) groups excluding carboxylic acids is 1. The smallest absolute Gasteiger partial charge is 0.315 e. The number of amides is 2. The summed E-state index contributed by atoms with van der Waals surface area (Å²) < 4.78 is 15.7. The molecule has 0 radical (unpaired) electrons. The summed E-state index contributed by atoms with van der Waals surface area (Å²) >= 11 is 0. The van der Waals surface area contributed by atoms with Crippen molar-refractivity contribution < 1.29 is 19.4 Å². The topological polar surface area (TPSA) is 97.6 Å². The van der Waals surface area contributed by atoms with Crippen LogP contribution >= 0.6 is 0 Å². The van der Waals surface area contributed by atoms with Gasteiger partial charge in [0.25, 0.3) is 0 Å². The van der Waals surface area contributed by atoms with Gasteiger partial charge in [0.2, 0.25) is 0 Å². The second-order valence-electron chi connectivity index (χ2n) is 16.0. The highest BCUT2D eigenvalue weighted by Crippen LogP contribution is 2.55. The van der Waals surface area contributed by atoms with Gasteiger partial charge in [-0.25, -0.2) is 9.78 Å². The van der Waals surface area contributed by atoms with Gasteiger partial charge in [0.15, 0.2) is 6.29 Å². The number of ether oxygens (including phenoxy) is 2. The number of para-hydroxylation sites is 2. The number of hydrogen-bond donors (Lipinski definition) is 3. The molecule has 1 saturated heterocycles. The van der Waals surface area contributed by atoms with E-state index in [4.69, 9.17) is 9.47 Å². The van der Waals surface area contributed by atoms with Gasteiger partial charge in [0, 0.05) is 23.6 Å². The zero-order chi connectivity index (χ0) is 35.2. The molecule has 52 heavy (non-hydrogen) atoms. The van der Waals surface area contributed by atoms with E-state index in [1.54, 1.807) is 0 Å². The molecule has 4 unspecified atom stereocenters. The molecule has 0 spiro atoms. The lowest BCUT2D eigenvalue weighted by atomic mass is 9.53. The quantitative estimate of drug-likeness (QED) is 0.144. The van der Waals surface area contributed by atoms with Crippen molar-refractivity contribution in [3.8, 4) is 11.1 Å². The van der Waals surface area contributed by atoms with E-state index in [0.717, 1.165) is 81.4 Å². The number of aromatic nitrogens is 2. The summed E-state index contributed by atoms with van der Waals surface area (Å²) in [5, 5.41) is 16.2. The fourth-order valence-electron chi connectivity index (χ4n) is 10.1. The molecule has 268 valence electrons. The van der Waals surface area contributed by atoms with Gasteiger partial charge in [-0.15, -0.1) is 0 Å². The Balaban J connectivity index is 0.895. The first kappa shape index (κ1) is 33.3. The Kier molecular flexibility index (Phi) is 8.85. The second kappa shape index (κ2) is 13.8. The number of aliphatic hydroxyl groups is 1. The molecular weight excluding hydrogens is 649 g/mol. The summed E-state index contributed by atoms with van der Waals surface area (Å²) in [6.07, 6.45) is 8.53. The van der Waals surface area contributed by atoms with Crippen LogP contribution < -0.4 is 10.6 Å². The fourth-order valence-corrected chi connectivity index (χ4v) is 10.1. The number of rotatable bonds is 9. The Morgan fingerprint density at radius 3 is 2.27 bits per heavy atom. The molecule has 4 aromatic carbocycles. The molecule has 5 aromatic rings. The molecule has 4 saturated carbocycles. The molecule has 3 N–H and O–H groups in total. The van der Waals surface area contributed by atoms with Crippen LogP contribution in [0.2, 0.25) is 0 Å². The summed E-state index contributed by atoms with van der Waals surface area (Å²) in [5.41, 5.74) is 8.19. The van der Waals surface area contributed by atoms with Crippen molar-refractivity contribution in [3.05, 3.63) is 126 Å². The minimum Gasteiger partial charge on any atom is -0.392 e. The van der Waals surface area contributed by atoms with Gasteiger partial charge in [-0.3, -0.25) is 0 Å². The van der Waals surface area contributed by atoms with E-state index >= 15 is 0 Å². The Labute approximate surface area is 305 Å². The number of nitrogens with zero attached hydrogens (tertiary/aromatic N) is 2. The van der Waals surface area contributed by atoms with Crippen LogP contribution in [0.1, 0.15) is 80.1 Å². The number of imidazole rings is 1. The largest absolute Gasteiger partial charge is 0.392 e. The molecule has 5 aliphatic rings. The number of hydrogen-bond acceptors (Lipinski definition) is 5. The Hall–Kier alpha value is -4.50. The zero-order valence-electron chi connectivity index (χ0n) is 29.8. The summed E-state index contributed by atoms with van der Waals surface area (Å²) in [4.78, 5) is 17.7. The summed E-state index contributed by atoms with van der Waals surface area (Å²) in [7, 11) is 0. The van der Waals surface area contributed by atoms with Crippen LogP contribution in [0.25, 0.3) is 22.2 Å². The Bertz CT molecular complexity index is 2000. The Morgan fingerprint density at radius 2 is 1.54 bits per heavy atom. The molecule has 4 atom stereocenters. The third-order valence-electron chi connectivity index (χ3n) is 12.3. The van der Waals surface area contributed by atoms with Gasteiger partial charge in [0.1, 0.15) is 0 Å². The van der Waals surface area contributed by atoms with Gasteiger partial charge in [-0.1, -0.05) is 85.8 Å². The van der Waals surface area contributed by atoms with E-state index in [9.17, 15) is 9.90 Å². The van der Waals surface area contributed by atoms with Crippen molar-refractivity contribution in [2.45, 2.75) is 89.2 Å². The van der Waals surface area contributed by atoms with E-state index in [2.05, 4.69) is 93.8 Å². The summed E-state index contributed by atoms with van der Waals surface area (Å²) in [6, 6.07) is 33.0. The first-order valence-electron chi connectivity index (χ1n) is 19.1. The SMILES string of the molecule is CC1C(Cn2cnc3ccccc32)OC(c2ccc(-c3cccc(CNC(=O)NC45CC6CC(CC(C6)C4)C5)c3)cc2)OC1c1ccc(CO)cc1. The van der Waals surface area contributed by atoms with Crippen molar-refractivity contribution >= 4 is 17.1 Å². The Morgan fingerprint density at radius 1 is 0.827 bits per heavy atom. The first-order chi connectivity index (χ1) is 25.4. The number of benzene rings is 4. The predicted molar refractivity (Wildman–Crippen MR) is 201 cm³/mol. The van der Waals surface area contributed by atoms with Crippen LogP contribution in [0.4, 0.5) is 4.79 Å². The van der Waals surface area contributed by atoms with Gasteiger partial charge in [-0.05, 0) is 102 Å². The van der Waals surface area contributed by atoms with Crippen LogP contribution in [0.15, 0.2) is 103 Å². The van der Waals surface area contributed by atoms with E-state index in [0.29, 0.717) is 13.1 Å². The lowest BCUT2D eigenvalue weighted by Gasteiger charge is -2.56. The molecule has 2 heterocycles. The molecule has 10 rings (SSSR count). The maximum Gasteiger partial charge on any atom is 0.315 e. The number of nitrogens with one attached hydrogen (secondary N) is 2. The number of carbonyl (C=O) groups is 1. The van der Waals surface area contributed by atoms with E-state index in [-0.39, 0.29) is 36.3 Å². The van der Waals surface area contributed by atoms with Crippen molar-refractivity contribution in [1.29, 1.82) is 0 Å². The number of urea groups is 1. The number of aliphatic hydroxyl groups excluding tert-OH is 1. The highest BCUT2D eigenvalue weighted by atomic mass is 16.7. The van der Waals surface area contributed by atoms with Crippen LogP contribution in [-0.4, -0.2) is 32.3 Å². The van der Waals surface area contributed by atoms with Gasteiger partial charge in [-0.2, -0.15) is 0 Å². The van der Waals surface area contributed by atoms with E-state index < -0.39 is 6.29 Å². The minimum atomic E-state index is -0.560. The molecule has 8 heteroatoms. The van der Waals surface area contributed by atoms with Gasteiger partial charge in [0.05, 0.1) is 42.7 Å². The van der Waals surface area contributed by atoms with Gasteiger partial charge < -0.3 is 29.8 Å². The standard InChI is InChI=1S/C44H48N4O4/c1-28-40(25-48-27-46-38-7-2-3-8-39(38)48)51-42(52-41(28)35-11-9-29(26-49)10-12-35)36-15-13-34(14-16-36)37-6-4-5-30(20-37)24-45-43(50)47-44-21-31-17-32(22-44)19-33(18-31)23-44/h2-16,20,27-28,31-33,40-42,49H,17-19,21-26H2,1H3,(H2,45,47,50). The molecular formula is C44H48N4O4. The summed E-state index contributed by atoms with van der Waals surface area (Å²) in [5.74, 6) is 2.45. The maximum absolute atomic E-state index is 13.1. The zero-order valence-corrected chi connectivity index (χ0v) is 29.8. The van der Waals surface area contributed by atoms with Crippen LogP contribution in [0.3, 0.4) is 0 Å². The molecule has 8 nitrogen and oxygen atoms in total. The second-order valence-corrected chi connectivity index (χ2v) is 16.0. The van der Waals surface area contributed by atoms with Gasteiger partial charge >= 0.3 is 6.03 Å². The lowest BCUT2D eigenvalue weighted by Crippen LogP contribution is -2.61. The lowest BCUT2D eigenvalue weighted by molar-refractivity contribution is -0.276. The summed E-state index contributed by atoms with van der Waals surface area (Å²) in [6.45, 7) is 3.32. The number of fused-ring (bicyclic) bond motifs is 1. The van der Waals surface area contributed by atoms with Crippen LogP contribution in [0.5, 0.6) is 0 Å². The van der Waals surface area contributed by atoms with E-state index in [1.807, 2.05) is 36.7 Å². The maximum atomic E-state index is 13.1. The fraction of sp³-hybridized carbons (Fsp3) is 0.409. The third-order valence-corrected chi connectivity index (χ3v) is 12.3. The average molecular weight is 697 g/mol. The first-order valence-corrected chi connectivity index (χ1v) is 19.1. The average Bonchev–Trinajstić information content (AvgIpc) is 3.57. The highest BCUT2D eigenvalue weighted by Gasteiger charge is 2.51. The highest BCUT2D eigenvalue weighted by molar-refractivity contribution is 5.75. The molecule has 1 aliphatic heterocycles. The van der Waals surface area contributed by atoms with Crippen LogP contribution in [-0.2, 0) is 29.2 Å². The van der Waals surface area contributed by atoms with E-state index in [1.165, 1.54) is 19.3 Å². The monoisotopic (exact) mass is 696 g/mol. The van der Waals surface area contributed by atoms with Crippen LogP contribution in [0, 0.1) is 23.7 Å². The predicted octanol–water partition coefficient (Wildman–Crippen LogP) is 8.46. The third kappa shape index (κ3) is 6.64. The molecule has 5 fully saturated rings. The van der Waals surface area contributed by atoms with Crippen molar-refractivity contribution in [3.63, 3.8) is 0 Å². The molecule has 1 aromatic heterocycles. The van der Waals surface area contributed by atoms with Crippen molar-refractivity contribution in [2.75, 3.05) is 0 Å². The molecule has 4 bridgehead atoms. The normalized spacial score (nSPS) is 29.3. The van der Waals surface area contributed by atoms with Crippen molar-refractivity contribution in [1.82, 2.24) is 20.2 Å². The molecule has 2 amide bonds. The molecule has 4 aliphatic carbocycles. The minimum absolute atomic E-state index is 0.00463. The van der Waals surface area contributed by atoms with Crippen molar-refractivity contribution in [2.24, 2.45) is 23.7 Å².